The first-order valence-electron chi connectivity index (χ1n) is 5.43. The monoisotopic (exact) mass is 238 g/mol. The maximum absolute atomic E-state index is 11.4. The molecule has 0 N–H and O–H groups in total. The van der Waals surface area contributed by atoms with Crippen LogP contribution in [0.4, 0.5) is 0 Å². The van der Waals surface area contributed by atoms with Crippen LogP contribution >= 0.6 is 11.8 Å². The van der Waals surface area contributed by atoms with Crippen LogP contribution in [0.25, 0.3) is 0 Å². The maximum atomic E-state index is 11.4. The van der Waals surface area contributed by atoms with Crippen LogP contribution < -0.4 is 0 Å². The highest BCUT2D eigenvalue weighted by Gasteiger charge is 2.24. The predicted octanol–water partition coefficient (Wildman–Crippen LogP) is 3.51. The van der Waals surface area contributed by atoms with Crippen molar-refractivity contribution in [2.45, 2.75) is 36.8 Å². The van der Waals surface area contributed by atoms with Crippen LogP contribution in [-0.2, 0) is 9.53 Å². The third kappa shape index (κ3) is 4.71. The van der Waals surface area contributed by atoms with Gasteiger partial charge in [0, 0.05) is 9.64 Å². The van der Waals surface area contributed by atoms with Crippen LogP contribution in [-0.4, -0.2) is 17.3 Å². The van der Waals surface area contributed by atoms with Crippen molar-refractivity contribution >= 4 is 17.7 Å². The Labute approximate surface area is 101 Å². The number of carbonyl (C=O) groups is 1. The second-order valence-electron chi connectivity index (χ2n) is 4.16. The van der Waals surface area contributed by atoms with Gasteiger partial charge in [-0.2, -0.15) is 0 Å². The Morgan fingerprint density at radius 1 is 1.31 bits per heavy atom. The first-order valence-corrected chi connectivity index (χ1v) is 6.25. The maximum Gasteiger partial charge on any atom is 0.307 e. The van der Waals surface area contributed by atoms with Crippen molar-refractivity contribution < 1.29 is 9.53 Å². The molecule has 0 aliphatic carbocycles. The largest absolute Gasteiger partial charge is 0.466 e. The number of benzene rings is 1. The van der Waals surface area contributed by atoms with E-state index in [-0.39, 0.29) is 10.7 Å². The van der Waals surface area contributed by atoms with Crippen molar-refractivity contribution in [2.75, 3.05) is 6.61 Å². The van der Waals surface area contributed by atoms with Gasteiger partial charge in [-0.15, -0.1) is 11.8 Å². The molecule has 0 radical (unpaired) electrons. The van der Waals surface area contributed by atoms with Crippen LogP contribution in [0.5, 0.6) is 0 Å². The predicted molar refractivity (Wildman–Crippen MR) is 67.6 cm³/mol. The summed E-state index contributed by atoms with van der Waals surface area (Å²) in [7, 11) is 0. The smallest absolute Gasteiger partial charge is 0.307 e. The van der Waals surface area contributed by atoms with Gasteiger partial charge in [-0.25, -0.2) is 0 Å². The standard InChI is InChI=1S/C13H18O2S/c1-4-15-12(14)10-13(2,3)16-11-8-6-5-7-9-11/h5-9H,4,10H2,1-3H3. The fraction of sp³-hybridized carbons (Fsp3) is 0.462. The molecule has 16 heavy (non-hydrogen) atoms. The Balaban J connectivity index is 2.54. The number of thioether (sulfide) groups is 1. The Kier molecular flexibility index (Phi) is 4.87. The van der Waals surface area contributed by atoms with Gasteiger partial charge in [0.25, 0.3) is 0 Å². The number of hydrogen-bond acceptors (Lipinski definition) is 3. The molecule has 1 aromatic rings. The summed E-state index contributed by atoms with van der Waals surface area (Å²) in [5, 5.41) is 0. The second kappa shape index (κ2) is 5.94. The van der Waals surface area contributed by atoms with Crippen LogP contribution in [0, 0.1) is 0 Å². The highest BCUT2D eigenvalue weighted by atomic mass is 32.2. The zero-order chi connectivity index (χ0) is 12.0. The highest BCUT2D eigenvalue weighted by molar-refractivity contribution is 8.00. The molecule has 0 atom stereocenters. The molecule has 1 aromatic carbocycles. The Bertz CT molecular complexity index is 333. The highest BCUT2D eigenvalue weighted by Crippen LogP contribution is 2.34. The fourth-order valence-electron chi connectivity index (χ4n) is 1.40. The lowest BCUT2D eigenvalue weighted by molar-refractivity contribution is -0.143. The molecular formula is C13H18O2S. The molecule has 0 spiro atoms. The van der Waals surface area contributed by atoms with Gasteiger partial charge in [0.05, 0.1) is 13.0 Å². The van der Waals surface area contributed by atoms with Crippen molar-refractivity contribution in [2.24, 2.45) is 0 Å². The summed E-state index contributed by atoms with van der Waals surface area (Å²) in [6.45, 7) is 6.39. The molecule has 1 rings (SSSR count). The van der Waals surface area contributed by atoms with Crippen molar-refractivity contribution in [3.05, 3.63) is 30.3 Å². The molecule has 0 aromatic heterocycles. The summed E-state index contributed by atoms with van der Waals surface area (Å²) in [5.74, 6) is -0.129. The summed E-state index contributed by atoms with van der Waals surface area (Å²) in [5.41, 5.74) is 0. The minimum Gasteiger partial charge on any atom is -0.466 e. The molecule has 0 heterocycles. The molecule has 0 saturated carbocycles. The molecule has 0 fully saturated rings. The first-order chi connectivity index (χ1) is 7.53. The molecule has 0 amide bonds. The minimum absolute atomic E-state index is 0.129. The number of hydrogen-bond donors (Lipinski definition) is 0. The quantitative estimate of drug-likeness (QED) is 0.580. The summed E-state index contributed by atoms with van der Waals surface area (Å²) >= 11 is 1.70. The third-order valence-corrected chi connectivity index (χ3v) is 3.22. The Morgan fingerprint density at radius 3 is 2.50 bits per heavy atom. The van der Waals surface area contributed by atoms with E-state index >= 15 is 0 Å². The van der Waals surface area contributed by atoms with Crippen molar-refractivity contribution in [1.82, 2.24) is 0 Å². The zero-order valence-electron chi connectivity index (χ0n) is 10.0. The first kappa shape index (κ1) is 13.1. The molecule has 0 unspecified atom stereocenters. The number of carbonyl (C=O) groups excluding carboxylic acids is 1. The van der Waals surface area contributed by atoms with Gasteiger partial charge in [-0.1, -0.05) is 18.2 Å². The summed E-state index contributed by atoms with van der Waals surface area (Å²) in [6.07, 6.45) is 0.431. The number of rotatable bonds is 5. The molecule has 3 heteroatoms. The molecular weight excluding hydrogens is 220 g/mol. The number of esters is 1. The van der Waals surface area contributed by atoms with Crippen LogP contribution in [0.2, 0.25) is 0 Å². The van der Waals surface area contributed by atoms with Crippen molar-refractivity contribution in [1.29, 1.82) is 0 Å². The van der Waals surface area contributed by atoms with E-state index in [1.165, 1.54) is 4.90 Å². The van der Waals surface area contributed by atoms with Gasteiger partial charge in [-0.3, -0.25) is 4.79 Å². The van der Waals surface area contributed by atoms with E-state index in [0.717, 1.165) is 0 Å². The van der Waals surface area contributed by atoms with Gasteiger partial charge in [-0.05, 0) is 32.9 Å². The van der Waals surface area contributed by atoms with E-state index < -0.39 is 0 Å². The van der Waals surface area contributed by atoms with E-state index in [1.54, 1.807) is 11.8 Å². The summed E-state index contributed by atoms with van der Waals surface area (Å²) in [6, 6.07) is 10.1. The van der Waals surface area contributed by atoms with Gasteiger partial charge in [0.1, 0.15) is 0 Å². The van der Waals surface area contributed by atoms with Crippen LogP contribution in [0.3, 0.4) is 0 Å². The van der Waals surface area contributed by atoms with Crippen LogP contribution in [0.15, 0.2) is 35.2 Å². The topological polar surface area (TPSA) is 26.3 Å². The van der Waals surface area contributed by atoms with E-state index in [2.05, 4.69) is 26.0 Å². The normalized spacial score (nSPS) is 11.2. The Morgan fingerprint density at radius 2 is 1.94 bits per heavy atom. The SMILES string of the molecule is CCOC(=O)CC(C)(C)Sc1ccccc1. The molecule has 0 aliphatic rings. The zero-order valence-corrected chi connectivity index (χ0v) is 10.8. The summed E-state index contributed by atoms with van der Waals surface area (Å²) in [4.78, 5) is 12.6. The molecule has 0 bridgehead atoms. The van der Waals surface area contributed by atoms with Gasteiger partial charge in [0.15, 0.2) is 0 Å². The molecule has 2 nitrogen and oxygen atoms in total. The van der Waals surface area contributed by atoms with Gasteiger partial charge in [0.2, 0.25) is 0 Å². The lowest BCUT2D eigenvalue weighted by Crippen LogP contribution is -2.21. The van der Waals surface area contributed by atoms with E-state index in [4.69, 9.17) is 4.74 Å². The van der Waals surface area contributed by atoms with E-state index in [0.29, 0.717) is 13.0 Å². The average Bonchev–Trinajstić information content (AvgIpc) is 2.17. The van der Waals surface area contributed by atoms with E-state index in [9.17, 15) is 4.79 Å². The second-order valence-corrected chi connectivity index (χ2v) is 5.94. The molecule has 0 saturated heterocycles. The number of ether oxygens (including phenoxy) is 1. The van der Waals surface area contributed by atoms with E-state index in [1.807, 2.05) is 25.1 Å². The molecule has 88 valence electrons. The minimum atomic E-state index is -0.131. The summed E-state index contributed by atoms with van der Waals surface area (Å²) < 4.78 is 4.83. The van der Waals surface area contributed by atoms with Gasteiger partial charge < -0.3 is 4.74 Å². The average molecular weight is 238 g/mol. The Hall–Kier alpha value is -0.960. The van der Waals surface area contributed by atoms with Gasteiger partial charge >= 0.3 is 5.97 Å². The van der Waals surface area contributed by atoms with Crippen molar-refractivity contribution in [3.63, 3.8) is 0 Å². The van der Waals surface area contributed by atoms with Crippen molar-refractivity contribution in [3.8, 4) is 0 Å². The van der Waals surface area contributed by atoms with Crippen LogP contribution in [0.1, 0.15) is 27.2 Å². The third-order valence-electron chi connectivity index (χ3n) is 2.01. The lowest BCUT2D eigenvalue weighted by Gasteiger charge is -2.22. The molecule has 0 aliphatic heterocycles. The lowest BCUT2D eigenvalue weighted by atomic mass is 10.1. The fourth-order valence-corrected chi connectivity index (χ4v) is 2.52.